The van der Waals surface area contributed by atoms with E-state index in [4.69, 9.17) is 4.98 Å². The van der Waals surface area contributed by atoms with Crippen molar-refractivity contribution in [3.05, 3.63) is 78.4 Å². The van der Waals surface area contributed by atoms with Gasteiger partial charge in [0.05, 0.1) is 16.8 Å². The highest BCUT2D eigenvalue weighted by molar-refractivity contribution is 6.08. The van der Waals surface area contributed by atoms with Crippen LogP contribution in [0.3, 0.4) is 0 Å². The predicted molar refractivity (Wildman–Crippen MR) is 146 cm³/mol. The SMILES string of the molecule is CC(C)C(C)NC(=O)C1CCN(C(=O)c2cc(-c3cccc4ccccc34)nc3ccccc23)CC1. The largest absolute Gasteiger partial charge is 0.353 e. The van der Waals surface area contributed by atoms with E-state index in [0.29, 0.717) is 37.4 Å². The number of para-hydroxylation sites is 1. The Morgan fingerprint density at radius 3 is 2.31 bits per heavy atom. The van der Waals surface area contributed by atoms with Crippen molar-refractivity contribution < 1.29 is 9.59 Å². The monoisotopic (exact) mass is 479 g/mol. The van der Waals surface area contributed by atoms with Crippen LogP contribution >= 0.6 is 0 Å². The highest BCUT2D eigenvalue weighted by Gasteiger charge is 2.29. The zero-order valence-electron chi connectivity index (χ0n) is 21.2. The molecule has 1 unspecified atom stereocenters. The molecule has 2 heterocycles. The summed E-state index contributed by atoms with van der Waals surface area (Å²) in [5, 5.41) is 6.25. The fourth-order valence-corrected chi connectivity index (χ4v) is 4.96. The van der Waals surface area contributed by atoms with E-state index < -0.39 is 0 Å². The summed E-state index contributed by atoms with van der Waals surface area (Å²) >= 11 is 0. The fraction of sp³-hybridized carbons (Fsp3) is 0.323. The van der Waals surface area contributed by atoms with Crippen LogP contribution in [-0.2, 0) is 4.79 Å². The van der Waals surface area contributed by atoms with Gasteiger partial charge >= 0.3 is 0 Å². The lowest BCUT2D eigenvalue weighted by Crippen LogP contribution is -2.45. The van der Waals surface area contributed by atoms with Crippen molar-refractivity contribution in [3.8, 4) is 11.3 Å². The highest BCUT2D eigenvalue weighted by Crippen LogP contribution is 2.31. The Morgan fingerprint density at radius 1 is 0.889 bits per heavy atom. The number of fused-ring (bicyclic) bond motifs is 2. The number of hydrogen-bond donors (Lipinski definition) is 1. The minimum atomic E-state index is -0.0457. The van der Waals surface area contributed by atoms with Gasteiger partial charge in [-0.05, 0) is 48.6 Å². The minimum absolute atomic E-state index is 0.00416. The maximum absolute atomic E-state index is 13.8. The Kier molecular flexibility index (Phi) is 6.73. The molecule has 1 aromatic heterocycles. The molecular weight excluding hydrogens is 446 g/mol. The molecule has 0 radical (unpaired) electrons. The zero-order valence-corrected chi connectivity index (χ0v) is 21.2. The number of aromatic nitrogens is 1. The maximum Gasteiger partial charge on any atom is 0.254 e. The summed E-state index contributed by atoms with van der Waals surface area (Å²) in [6.45, 7) is 7.42. The molecule has 1 N–H and O–H groups in total. The molecule has 3 aromatic carbocycles. The first kappa shape index (κ1) is 24.0. The van der Waals surface area contributed by atoms with Gasteiger partial charge < -0.3 is 10.2 Å². The van der Waals surface area contributed by atoms with Crippen molar-refractivity contribution in [2.45, 2.75) is 39.7 Å². The average molecular weight is 480 g/mol. The summed E-state index contributed by atoms with van der Waals surface area (Å²) in [4.78, 5) is 33.4. The number of likely N-dealkylation sites (tertiary alicyclic amines) is 1. The lowest BCUT2D eigenvalue weighted by atomic mass is 9.93. The lowest BCUT2D eigenvalue weighted by Gasteiger charge is -2.32. The summed E-state index contributed by atoms with van der Waals surface area (Å²) in [7, 11) is 0. The van der Waals surface area contributed by atoms with Gasteiger partial charge in [0.15, 0.2) is 0 Å². The average Bonchev–Trinajstić information content (AvgIpc) is 2.91. The van der Waals surface area contributed by atoms with E-state index in [1.165, 1.54) is 0 Å². The number of nitrogens with one attached hydrogen (secondary N) is 1. The summed E-state index contributed by atoms with van der Waals surface area (Å²) < 4.78 is 0. The van der Waals surface area contributed by atoms with Crippen molar-refractivity contribution in [3.63, 3.8) is 0 Å². The number of benzene rings is 3. The van der Waals surface area contributed by atoms with Crippen molar-refractivity contribution in [1.29, 1.82) is 0 Å². The van der Waals surface area contributed by atoms with Crippen LogP contribution in [0.5, 0.6) is 0 Å². The minimum Gasteiger partial charge on any atom is -0.353 e. The van der Waals surface area contributed by atoms with Gasteiger partial charge in [-0.1, -0.05) is 74.5 Å². The zero-order chi connectivity index (χ0) is 25.2. The summed E-state index contributed by atoms with van der Waals surface area (Å²) in [6.07, 6.45) is 1.36. The van der Waals surface area contributed by atoms with E-state index in [2.05, 4.69) is 43.4 Å². The molecule has 0 aliphatic carbocycles. The summed E-state index contributed by atoms with van der Waals surface area (Å²) in [6, 6.07) is 24.4. The standard InChI is InChI=1S/C31H33N3O2/c1-20(2)21(3)32-30(35)23-15-17-34(18-16-23)31(36)27-19-29(33-28-14-7-6-12-26(27)28)25-13-8-10-22-9-4-5-11-24(22)25/h4-14,19-21,23H,15-18H2,1-3H3,(H,32,35). The van der Waals surface area contributed by atoms with E-state index in [0.717, 1.165) is 32.9 Å². The van der Waals surface area contributed by atoms with E-state index in [1.54, 1.807) is 0 Å². The van der Waals surface area contributed by atoms with Gasteiger partial charge in [0.2, 0.25) is 5.91 Å². The number of nitrogens with zero attached hydrogens (tertiary/aromatic N) is 2. The Hall–Kier alpha value is -3.73. The van der Waals surface area contributed by atoms with Crippen molar-refractivity contribution in [2.24, 2.45) is 11.8 Å². The van der Waals surface area contributed by atoms with Crippen LogP contribution in [0, 0.1) is 11.8 Å². The normalized spacial score (nSPS) is 15.4. The van der Waals surface area contributed by atoms with Crippen molar-refractivity contribution in [1.82, 2.24) is 15.2 Å². The van der Waals surface area contributed by atoms with Crippen LogP contribution < -0.4 is 5.32 Å². The third-order valence-corrected chi connectivity index (χ3v) is 7.54. The fourth-order valence-electron chi connectivity index (χ4n) is 4.96. The Labute approximate surface area is 212 Å². The Balaban J connectivity index is 1.43. The topological polar surface area (TPSA) is 62.3 Å². The van der Waals surface area contributed by atoms with E-state index in [-0.39, 0.29) is 23.8 Å². The van der Waals surface area contributed by atoms with Crippen LogP contribution in [-0.4, -0.2) is 40.8 Å². The quantitative estimate of drug-likeness (QED) is 0.378. The second-order valence-corrected chi connectivity index (χ2v) is 10.2. The number of rotatable bonds is 5. The molecule has 1 saturated heterocycles. The smallest absolute Gasteiger partial charge is 0.254 e. The molecule has 184 valence electrons. The molecule has 1 fully saturated rings. The Morgan fingerprint density at radius 2 is 1.56 bits per heavy atom. The second-order valence-electron chi connectivity index (χ2n) is 10.2. The van der Waals surface area contributed by atoms with Crippen LogP contribution in [0.2, 0.25) is 0 Å². The maximum atomic E-state index is 13.8. The number of carbonyl (C=O) groups is 2. The van der Waals surface area contributed by atoms with Crippen LogP contribution in [0.25, 0.3) is 32.9 Å². The second kappa shape index (κ2) is 10.1. The van der Waals surface area contributed by atoms with Gasteiger partial charge in [0.25, 0.3) is 5.91 Å². The molecular formula is C31H33N3O2. The van der Waals surface area contributed by atoms with E-state index in [9.17, 15) is 9.59 Å². The first-order chi connectivity index (χ1) is 17.4. The van der Waals surface area contributed by atoms with Gasteiger partial charge in [0.1, 0.15) is 0 Å². The third-order valence-electron chi connectivity index (χ3n) is 7.54. The van der Waals surface area contributed by atoms with E-state index in [1.807, 2.05) is 60.4 Å². The van der Waals surface area contributed by atoms with Gasteiger partial charge in [-0.2, -0.15) is 0 Å². The number of piperidine rings is 1. The van der Waals surface area contributed by atoms with Crippen molar-refractivity contribution in [2.75, 3.05) is 13.1 Å². The van der Waals surface area contributed by atoms with Gasteiger partial charge in [-0.25, -0.2) is 4.98 Å². The van der Waals surface area contributed by atoms with Gasteiger partial charge in [-0.15, -0.1) is 0 Å². The number of amides is 2. The highest BCUT2D eigenvalue weighted by atomic mass is 16.2. The number of pyridine rings is 1. The lowest BCUT2D eigenvalue weighted by molar-refractivity contribution is -0.127. The van der Waals surface area contributed by atoms with Gasteiger partial charge in [-0.3, -0.25) is 9.59 Å². The van der Waals surface area contributed by atoms with E-state index >= 15 is 0 Å². The predicted octanol–water partition coefficient (Wildman–Crippen LogP) is 6.07. The summed E-state index contributed by atoms with van der Waals surface area (Å²) in [5.41, 5.74) is 3.29. The van der Waals surface area contributed by atoms with Crippen LogP contribution in [0.1, 0.15) is 44.0 Å². The molecule has 1 aliphatic heterocycles. The van der Waals surface area contributed by atoms with Crippen molar-refractivity contribution >= 4 is 33.5 Å². The molecule has 5 nitrogen and oxygen atoms in total. The molecule has 1 atom stereocenters. The van der Waals surface area contributed by atoms with Gasteiger partial charge in [0, 0.05) is 36.0 Å². The first-order valence-corrected chi connectivity index (χ1v) is 12.9. The molecule has 1 aliphatic rings. The molecule has 5 rings (SSSR count). The third kappa shape index (κ3) is 4.70. The molecule has 0 spiro atoms. The molecule has 5 heteroatoms. The molecule has 4 aromatic rings. The van der Waals surface area contributed by atoms with Crippen LogP contribution in [0.15, 0.2) is 72.8 Å². The Bertz CT molecular complexity index is 1410. The number of carbonyl (C=O) groups excluding carboxylic acids is 2. The van der Waals surface area contributed by atoms with Crippen LogP contribution in [0.4, 0.5) is 0 Å². The summed E-state index contributed by atoms with van der Waals surface area (Å²) in [5.74, 6) is 0.461. The molecule has 2 amide bonds. The first-order valence-electron chi connectivity index (χ1n) is 12.9. The number of hydrogen-bond acceptors (Lipinski definition) is 3. The molecule has 0 saturated carbocycles. The molecule has 0 bridgehead atoms. The molecule has 36 heavy (non-hydrogen) atoms.